The SMILES string of the molecule is COc1cccc(NC(=O)Nc2cccc(C(F)(F)F)c2)c1. The lowest BCUT2D eigenvalue weighted by atomic mass is 10.2. The van der Waals surface area contributed by atoms with Crippen LogP contribution in [0.1, 0.15) is 5.56 Å². The highest BCUT2D eigenvalue weighted by Gasteiger charge is 2.30. The van der Waals surface area contributed by atoms with Crippen LogP contribution in [0.5, 0.6) is 5.75 Å². The van der Waals surface area contributed by atoms with E-state index in [1.54, 1.807) is 24.3 Å². The fraction of sp³-hybridized carbons (Fsp3) is 0.133. The van der Waals surface area contributed by atoms with Crippen molar-refractivity contribution in [3.8, 4) is 5.75 Å². The molecule has 0 atom stereocenters. The monoisotopic (exact) mass is 310 g/mol. The quantitative estimate of drug-likeness (QED) is 0.885. The number of ether oxygens (including phenoxy) is 1. The molecule has 0 heterocycles. The Morgan fingerprint density at radius 3 is 2.18 bits per heavy atom. The number of halogens is 3. The Morgan fingerprint density at radius 1 is 1.00 bits per heavy atom. The zero-order valence-corrected chi connectivity index (χ0v) is 11.6. The van der Waals surface area contributed by atoms with Crippen molar-refractivity contribution in [3.05, 3.63) is 54.1 Å². The molecule has 0 radical (unpaired) electrons. The molecule has 0 unspecified atom stereocenters. The summed E-state index contributed by atoms with van der Waals surface area (Å²) in [6.45, 7) is 0. The average molecular weight is 310 g/mol. The number of amides is 2. The van der Waals surface area contributed by atoms with Crippen LogP contribution in [-0.2, 0) is 6.18 Å². The van der Waals surface area contributed by atoms with Gasteiger partial charge in [-0.2, -0.15) is 13.2 Å². The van der Waals surface area contributed by atoms with E-state index in [0.29, 0.717) is 11.4 Å². The molecule has 116 valence electrons. The molecule has 0 aliphatic carbocycles. The molecule has 2 rings (SSSR count). The van der Waals surface area contributed by atoms with E-state index < -0.39 is 17.8 Å². The topological polar surface area (TPSA) is 50.4 Å². The average Bonchev–Trinajstić information content (AvgIpc) is 2.46. The minimum Gasteiger partial charge on any atom is -0.497 e. The number of carbonyl (C=O) groups is 1. The fourth-order valence-electron chi connectivity index (χ4n) is 1.77. The van der Waals surface area contributed by atoms with Crippen LogP contribution in [0, 0.1) is 0 Å². The molecular weight excluding hydrogens is 297 g/mol. The van der Waals surface area contributed by atoms with Crippen molar-refractivity contribution in [1.82, 2.24) is 0 Å². The molecule has 22 heavy (non-hydrogen) atoms. The number of urea groups is 1. The Bertz CT molecular complexity index is 672. The molecule has 2 aromatic rings. The minimum absolute atomic E-state index is 0.0511. The van der Waals surface area contributed by atoms with Crippen LogP contribution < -0.4 is 15.4 Å². The first-order chi connectivity index (χ1) is 10.4. The summed E-state index contributed by atoms with van der Waals surface area (Å²) in [5, 5.41) is 4.86. The lowest BCUT2D eigenvalue weighted by Gasteiger charge is -2.11. The van der Waals surface area contributed by atoms with Crippen molar-refractivity contribution >= 4 is 17.4 Å². The summed E-state index contributed by atoms with van der Waals surface area (Å²) < 4.78 is 42.8. The molecule has 2 N–H and O–H groups in total. The van der Waals surface area contributed by atoms with Gasteiger partial charge in [0, 0.05) is 17.4 Å². The van der Waals surface area contributed by atoms with Crippen LogP contribution in [0.25, 0.3) is 0 Å². The van der Waals surface area contributed by atoms with E-state index in [2.05, 4.69) is 10.6 Å². The van der Waals surface area contributed by atoms with Gasteiger partial charge >= 0.3 is 12.2 Å². The number of hydrogen-bond acceptors (Lipinski definition) is 2. The second-order valence-corrected chi connectivity index (χ2v) is 4.39. The van der Waals surface area contributed by atoms with Gasteiger partial charge < -0.3 is 15.4 Å². The fourth-order valence-corrected chi connectivity index (χ4v) is 1.77. The molecule has 7 heteroatoms. The van der Waals surface area contributed by atoms with Gasteiger partial charge in [0.15, 0.2) is 0 Å². The predicted octanol–water partition coefficient (Wildman–Crippen LogP) is 4.36. The summed E-state index contributed by atoms with van der Waals surface area (Å²) in [5.41, 5.74) is -0.314. The van der Waals surface area contributed by atoms with E-state index >= 15 is 0 Å². The van der Waals surface area contributed by atoms with Crippen LogP contribution in [0.15, 0.2) is 48.5 Å². The first-order valence-corrected chi connectivity index (χ1v) is 6.28. The van der Waals surface area contributed by atoms with E-state index in [1.807, 2.05) is 0 Å². The van der Waals surface area contributed by atoms with Gasteiger partial charge in [0.1, 0.15) is 5.75 Å². The van der Waals surface area contributed by atoms with Crippen LogP contribution >= 0.6 is 0 Å². The largest absolute Gasteiger partial charge is 0.497 e. The van der Waals surface area contributed by atoms with Gasteiger partial charge in [0.25, 0.3) is 0 Å². The summed E-state index contributed by atoms with van der Waals surface area (Å²) in [5.74, 6) is 0.553. The third-order valence-corrected chi connectivity index (χ3v) is 2.78. The van der Waals surface area contributed by atoms with Crippen molar-refractivity contribution in [2.24, 2.45) is 0 Å². The van der Waals surface area contributed by atoms with E-state index in [-0.39, 0.29) is 5.69 Å². The number of benzene rings is 2. The third-order valence-electron chi connectivity index (χ3n) is 2.78. The van der Waals surface area contributed by atoms with Gasteiger partial charge in [-0.1, -0.05) is 12.1 Å². The number of hydrogen-bond donors (Lipinski definition) is 2. The van der Waals surface area contributed by atoms with Gasteiger partial charge in [-0.15, -0.1) is 0 Å². The number of nitrogens with one attached hydrogen (secondary N) is 2. The number of rotatable bonds is 3. The Morgan fingerprint density at radius 2 is 1.59 bits per heavy atom. The van der Waals surface area contributed by atoms with Crippen LogP contribution in [0.4, 0.5) is 29.3 Å². The number of anilines is 2. The molecule has 0 saturated heterocycles. The van der Waals surface area contributed by atoms with Crippen LogP contribution in [-0.4, -0.2) is 13.1 Å². The Balaban J connectivity index is 2.06. The Labute approximate surface area is 124 Å². The third kappa shape index (κ3) is 4.15. The normalized spacial score (nSPS) is 10.9. The number of alkyl halides is 3. The van der Waals surface area contributed by atoms with Crippen LogP contribution in [0.2, 0.25) is 0 Å². The molecule has 0 aliphatic rings. The van der Waals surface area contributed by atoms with E-state index in [1.165, 1.54) is 19.2 Å². The molecule has 0 saturated carbocycles. The van der Waals surface area contributed by atoms with E-state index in [0.717, 1.165) is 12.1 Å². The second-order valence-electron chi connectivity index (χ2n) is 4.39. The van der Waals surface area contributed by atoms with Gasteiger partial charge in [-0.05, 0) is 30.3 Å². The zero-order chi connectivity index (χ0) is 16.2. The second kappa shape index (κ2) is 6.38. The van der Waals surface area contributed by atoms with E-state index in [9.17, 15) is 18.0 Å². The maximum absolute atomic E-state index is 12.6. The van der Waals surface area contributed by atoms with Gasteiger partial charge in [-0.3, -0.25) is 0 Å². The molecular formula is C15H13F3N2O2. The summed E-state index contributed by atoms with van der Waals surface area (Å²) >= 11 is 0. The molecule has 0 spiro atoms. The summed E-state index contributed by atoms with van der Waals surface area (Å²) in [6.07, 6.45) is -4.46. The van der Waals surface area contributed by atoms with Gasteiger partial charge in [-0.25, -0.2) is 4.79 Å². The molecule has 4 nitrogen and oxygen atoms in total. The summed E-state index contributed by atoms with van der Waals surface area (Å²) in [7, 11) is 1.49. The number of methoxy groups -OCH3 is 1. The molecule has 0 bridgehead atoms. The summed E-state index contributed by atoms with van der Waals surface area (Å²) in [6, 6.07) is 10.4. The molecule has 2 aromatic carbocycles. The molecule has 0 aliphatic heterocycles. The standard InChI is InChI=1S/C15H13F3N2O2/c1-22-13-7-3-6-12(9-13)20-14(21)19-11-5-2-4-10(8-11)15(16,17)18/h2-9H,1H3,(H2,19,20,21). The van der Waals surface area contributed by atoms with Crippen LogP contribution in [0.3, 0.4) is 0 Å². The van der Waals surface area contributed by atoms with Crippen molar-refractivity contribution in [1.29, 1.82) is 0 Å². The smallest absolute Gasteiger partial charge is 0.416 e. The van der Waals surface area contributed by atoms with Gasteiger partial charge in [0.05, 0.1) is 12.7 Å². The zero-order valence-electron chi connectivity index (χ0n) is 11.6. The lowest BCUT2D eigenvalue weighted by Crippen LogP contribution is -2.19. The van der Waals surface area contributed by atoms with Crippen molar-refractivity contribution in [2.75, 3.05) is 17.7 Å². The van der Waals surface area contributed by atoms with Gasteiger partial charge in [0.2, 0.25) is 0 Å². The Kier molecular flexibility index (Phi) is 4.55. The highest BCUT2D eigenvalue weighted by molar-refractivity contribution is 5.99. The first-order valence-electron chi connectivity index (χ1n) is 6.28. The summed E-state index contributed by atoms with van der Waals surface area (Å²) in [4.78, 5) is 11.8. The minimum atomic E-state index is -4.46. The first kappa shape index (κ1) is 15.7. The molecule has 2 amide bonds. The molecule has 0 aromatic heterocycles. The lowest BCUT2D eigenvalue weighted by molar-refractivity contribution is -0.137. The maximum Gasteiger partial charge on any atom is 0.416 e. The van der Waals surface area contributed by atoms with Crippen molar-refractivity contribution < 1.29 is 22.7 Å². The molecule has 0 fully saturated rings. The highest BCUT2D eigenvalue weighted by atomic mass is 19.4. The maximum atomic E-state index is 12.6. The number of carbonyl (C=O) groups excluding carboxylic acids is 1. The predicted molar refractivity (Wildman–Crippen MR) is 77.1 cm³/mol. The highest BCUT2D eigenvalue weighted by Crippen LogP contribution is 2.30. The Hall–Kier alpha value is -2.70. The van der Waals surface area contributed by atoms with E-state index in [4.69, 9.17) is 4.74 Å². The van der Waals surface area contributed by atoms with Crippen molar-refractivity contribution in [2.45, 2.75) is 6.18 Å². The van der Waals surface area contributed by atoms with Crippen molar-refractivity contribution in [3.63, 3.8) is 0 Å².